The fourth-order valence-electron chi connectivity index (χ4n) is 4.91. The lowest BCUT2D eigenvalue weighted by Gasteiger charge is -2.32. The number of nitrogens with zero attached hydrogens (tertiary/aromatic N) is 4. The van der Waals surface area contributed by atoms with E-state index in [9.17, 15) is 8.42 Å². The first-order valence-corrected chi connectivity index (χ1v) is 14.2. The fourth-order valence-corrected chi connectivity index (χ4v) is 6.23. The van der Waals surface area contributed by atoms with E-state index in [0.717, 1.165) is 5.56 Å². The summed E-state index contributed by atoms with van der Waals surface area (Å²) in [5.74, 6) is -0.917. The maximum atomic E-state index is 15.5. The smallest absolute Gasteiger partial charge is 0.270 e. The summed E-state index contributed by atoms with van der Waals surface area (Å²) in [6.45, 7) is 1.49. The van der Waals surface area contributed by atoms with Crippen molar-refractivity contribution in [2.75, 3.05) is 37.0 Å². The molecule has 6 rings (SSSR count). The summed E-state index contributed by atoms with van der Waals surface area (Å²) in [7, 11) is -1.73. The van der Waals surface area contributed by atoms with E-state index >= 15 is 4.39 Å². The number of halogens is 1. The molecule has 0 bridgehead atoms. The quantitative estimate of drug-likeness (QED) is 0.270. The Morgan fingerprint density at radius 3 is 2.63 bits per heavy atom. The molecule has 0 saturated carbocycles. The van der Waals surface area contributed by atoms with Crippen LogP contribution in [0, 0.1) is 5.82 Å². The van der Waals surface area contributed by atoms with Crippen LogP contribution >= 0.6 is 0 Å². The van der Waals surface area contributed by atoms with Crippen LogP contribution in [-0.2, 0) is 23.1 Å². The summed E-state index contributed by atoms with van der Waals surface area (Å²) < 4.78 is 69.4. The zero-order valence-corrected chi connectivity index (χ0v) is 23.0. The summed E-state index contributed by atoms with van der Waals surface area (Å²) in [6.07, 6.45) is 3.27. The lowest BCUT2D eigenvalue weighted by atomic mass is 10.1. The third-order valence-electron chi connectivity index (χ3n) is 6.77. The number of ether oxygens (including phenoxy) is 3. The highest BCUT2D eigenvalue weighted by molar-refractivity contribution is 7.93. The molecule has 0 atom stereocenters. The number of rotatable bonds is 9. The van der Waals surface area contributed by atoms with E-state index in [-0.39, 0.29) is 57.6 Å². The van der Waals surface area contributed by atoms with Crippen LogP contribution in [0.1, 0.15) is 11.1 Å². The summed E-state index contributed by atoms with van der Waals surface area (Å²) >= 11 is 0. The van der Waals surface area contributed by atoms with E-state index in [1.165, 1.54) is 25.0 Å². The molecule has 0 radical (unpaired) electrons. The van der Waals surface area contributed by atoms with Crippen LogP contribution in [0.5, 0.6) is 17.2 Å². The van der Waals surface area contributed by atoms with E-state index in [1.54, 1.807) is 30.6 Å². The molecule has 212 valence electrons. The molecule has 11 nitrogen and oxygen atoms in total. The van der Waals surface area contributed by atoms with Crippen molar-refractivity contribution < 1.29 is 31.5 Å². The first-order chi connectivity index (χ1) is 19.9. The van der Waals surface area contributed by atoms with Gasteiger partial charge in [-0.2, -0.15) is 5.10 Å². The second-order valence-corrected chi connectivity index (χ2v) is 10.9. The lowest BCUT2D eigenvalue weighted by Crippen LogP contribution is -2.33. The molecular formula is C28H26FN5O6S. The molecule has 5 aromatic rings. The van der Waals surface area contributed by atoms with Crippen molar-refractivity contribution in [2.24, 2.45) is 0 Å². The Morgan fingerprint density at radius 1 is 1.07 bits per heavy atom. The molecule has 41 heavy (non-hydrogen) atoms. The van der Waals surface area contributed by atoms with Gasteiger partial charge in [-0.25, -0.2) is 12.8 Å². The minimum Gasteiger partial charge on any atom is -0.495 e. The Bertz CT molecular complexity index is 1810. The van der Waals surface area contributed by atoms with Crippen molar-refractivity contribution >= 4 is 32.5 Å². The maximum Gasteiger partial charge on any atom is 0.270 e. The summed E-state index contributed by atoms with van der Waals surface area (Å²) in [4.78, 5) is 1.83. The SMILES string of the molecule is COc1ccc2c(c1S(=O)(=O)Nc1noc3cc(Cn4cccn4)c(F)c(OC)c13)OCCN2Cc1ccccc1. The number of hydrogen-bond acceptors (Lipinski definition) is 9. The van der Waals surface area contributed by atoms with Crippen molar-refractivity contribution in [3.8, 4) is 17.2 Å². The molecule has 1 aliphatic rings. The van der Waals surface area contributed by atoms with Gasteiger partial charge in [-0.1, -0.05) is 35.5 Å². The van der Waals surface area contributed by atoms with Gasteiger partial charge in [0.05, 0.1) is 33.0 Å². The van der Waals surface area contributed by atoms with Gasteiger partial charge in [0.2, 0.25) is 0 Å². The average Bonchev–Trinajstić information content (AvgIpc) is 3.63. The van der Waals surface area contributed by atoms with Crippen LogP contribution in [0.15, 0.2) is 76.4 Å². The number of methoxy groups -OCH3 is 2. The topological polar surface area (TPSA) is 121 Å². The van der Waals surface area contributed by atoms with Gasteiger partial charge in [0.1, 0.15) is 17.7 Å². The second kappa shape index (κ2) is 10.7. The second-order valence-electron chi connectivity index (χ2n) is 9.30. The number of fused-ring (bicyclic) bond motifs is 2. The number of benzene rings is 3. The highest BCUT2D eigenvalue weighted by atomic mass is 32.2. The number of hydrogen-bond donors (Lipinski definition) is 1. The minimum absolute atomic E-state index is 0.0354. The number of anilines is 2. The molecule has 0 amide bonds. The Kier molecular flexibility index (Phi) is 6.87. The Morgan fingerprint density at radius 2 is 1.90 bits per heavy atom. The van der Waals surface area contributed by atoms with Gasteiger partial charge in [0.25, 0.3) is 10.0 Å². The van der Waals surface area contributed by atoms with E-state index < -0.39 is 15.8 Å². The van der Waals surface area contributed by atoms with Crippen LogP contribution in [-0.4, -0.2) is 50.7 Å². The zero-order chi connectivity index (χ0) is 28.6. The first kappa shape index (κ1) is 26.4. The largest absolute Gasteiger partial charge is 0.495 e. The summed E-state index contributed by atoms with van der Waals surface area (Å²) in [5, 5.41) is 8.04. The van der Waals surface area contributed by atoms with Crippen LogP contribution in [0.25, 0.3) is 11.0 Å². The van der Waals surface area contributed by atoms with Gasteiger partial charge in [0, 0.05) is 24.5 Å². The molecular weight excluding hydrogens is 553 g/mol. The Labute approximate surface area is 235 Å². The molecule has 0 saturated heterocycles. The Hall–Kier alpha value is -4.78. The van der Waals surface area contributed by atoms with Crippen LogP contribution in [0.2, 0.25) is 0 Å². The molecule has 1 aliphatic heterocycles. The van der Waals surface area contributed by atoms with Gasteiger partial charge in [-0.05, 0) is 29.8 Å². The number of sulfonamides is 1. The van der Waals surface area contributed by atoms with Gasteiger partial charge in [-0.3, -0.25) is 9.40 Å². The average molecular weight is 580 g/mol. The Balaban J connectivity index is 1.39. The van der Waals surface area contributed by atoms with Gasteiger partial charge in [0.15, 0.2) is 33.6 Å². The standard InChI is InChI=1S/C28H26FN5O6S/c1-37-21-10-9-20-25(39-14-13-33(20)16-18-7-4-3-5-8-18)27(21)41(35,36)32-28-23-22(40-31-28)15-19(24(29)26(23)38-2)17-34-12-6-11-30-34/h3-12,15H,13-14,16-17H2,1-2H3,(H,31,32). The number of aromatic nitrogens is 3. The third-order valence-corrected chi connectivity index (χ3v) is 8.15. The zero-order valence-electron chi connectivity index (χ0n) is 22.2. The lowest BCUT2D eigenvalue weighted by molar-refractivity contribution is 0.293. The van der Waals surface area contributed by atoms with Gasteiger partial charge < -0.3 is 23.6 Å². The molecule has 2 aromatic heterocycles. The predicted molar refractivity (Wildman–Crippen MR) is 149 cm³/mol. The van der Waals surface area contributed by atoms with Crippen LogP contribution in [0.4, 0.5) is 15.9 Å². The number of nitrogens with one attached hydrogen (secondary N) is 1. The molecule has 0 aliphatic carbocycles. The molecule has 1 N–H and O–H groups in total. The van der Waals surface area contributed by atoms with Crippen molar-refractivity contribution in [2.45, 2.75) is 18.0 Å². The minimum atomic E-state index is -4.39. The molecule has 0 spiro atoms. The highest BCUT2D eigenvalue weighted by Crippen LogP contribution is 2.45. The van der Waals surface area contributed by atoms with Gasteiger partial charge in [-0.15, -0.1) is 0 Å². The van der Waals surface area contributed by atoms with Crippen LogP contribution < -0.4 is 23.8 Å². The molecule has 0 fully saturated rings. The normalized spacial score (nSPS) is 13.1. The first-order valence-electron chi connectivity index (χ1n) is 12.7. The fraction of sp³-hybridized carbons (Fsp3) is 0.214. The van der Waals surface area contributed by atoms with Crippen molar-refractivity contribution in [3.05, 3.63) is 83.9 Å². The van der Waals surface area contributed by atoms with Gasteiger partial charge >= 0.3 is 0 Å². The summed E-state index contributed by atoms with van der Waals surface area (Å²) in [5.41, 5.74) is 2.02. The van der Waals surface area contributed by atoms with Crippen molar-refractivity contribution in [1.29, 1.82) is 0 Å². The molecule has 3 aromatic carbocycles. The monoisotopic (exact) mass is 579 g/mol. The molecule has 13 heteroatoms. The molecule has 0 unspecified atom stereocenters. The predicted octanol–water partition coefficient (Wildman–Crippen LogP) is 4.43. The maximum absolute atomic E-state index is 15.5. The van der Waals surface area contributed by atoms with E-state index in [0.29, 0.717) is 18.8 Å². The molecule has 3 heterocycles. The third kappa shape index (κ3) is 4.88. The van der Waals surface area contributed by atoms with E-state index in [4.69, 9.17) is 18.7 Å². The summed E-state index contributed by atoms with van der Waals surface area (Å²) in [6, 6.07) is 16.3. The van der Waals surface area contributed by atoms with Crippen molar-refractivity contribution in [3.63, 3.8) is 0 Å². The van der Waals surface area contributed by atoms with E-state index in [2.05, 4.69) is 15.0 Å². The highest BCUT2D eigenvalue weighted by Gasteiger charge is 2.33. The van der Waals surface area contributed by atoms with Crippen LogP contribution in [0.3, 0.4) is 0 Å². The van der Waals surface area contributed by atoms with E-state index in [1.807, 2.05) is 35.2 Å². The van der Waals surface area contributed by atoms with Crippen molar-refractivity contribution in [1.82, 2.24) is 14.9 Å².